The highest BCUT2D eigenvalue weighted by atomic mass is 35.5. The van der Waals surface area contributed by atoms with E-state index in [9.17, 15) is 4.79 Å². The number of carbonyl (C=O) groups is 1. The van der Waals surface area contributed by atoms with Gasteiger partial charge >= 0.3 is 0 Å². The summed E-state index contributed by atoms with van der Waals surface area (Å²) in [4.78, 5) is 11.0. The van der Waals surface area contributed by atoms with Crippen molar-refractivity contribution in [1.29, 1.82) is 0 Å². The third-order valence-electron chi connectivity index (χ3n) is 2.13. The Bertz CT molecular complexity index is 394. The zero-order valence-electron chi connectivity index (χ0n) is 10.00. The van der Waals surface area contributed by atoms with Crippen molar-refractivity contribution in [2.75, 3.05) is 13.2 Å². The van der Waals surface area contributed by atoms with Crippen LogP contribution in [0.4, 0.5) is 0 Å². The zero-order chi connectivity index (χ0) is 12.8. The van der Waals surface area contributed by atoms with E-state index < -0.39 is 5.91 Å². The molecule has 5 heteroatoms. The fourth-order valence-corrected chi connectivity index (χ4v) is 1.57. The lowest BCUT2D eigenvalue weighted by Crippen LogP contribution is -2.27. The Morgan fingerprint density at radius 3 is 2.76 bits per heavy atom. The lowest BCUT2D eigenvalue weighted by atomic mass is 10.2. The number of amides is 1. The summed E-state index contributed by atoms with van der Waals surface area (Å²) in [6.07, 6.45) is 0. The minimum absolute atomic E-state index is 0.305. The second-order valence-electron chi connectivity index (χ2n) is 3.96. The Morgan fingerprint density at radius 2 is 2.24 bits per heavy atom. The van der Waals surface area contributed by atoms with Crippen LogP contribution in [0.5, 0.6) is 5.75 Å². The Kier molecular flexibility index (Phi) is 5.25. The van der Waals surface area contributed by atoms with Gasteiger partial charge in [0.05, 0.1) is 10.6 Å². The van der Waals surface area contributed by atoms with Gasteiger partial charge < -0.3 is 15.8 Å². The van der Waals surface area contributed by atoms with Gasteiger partial charge in [-0.15, -0.1) is 0 Å². The second kappa shape index (κ2) is 6.47. The number of nitrogens with two attached hydrogens (primary N) is 1. The maximum atomic E-state index is 11.0. The molecule has 0 aliphatic heterocycles. The molecule has 1 aromatic rings. The lowest BCUT2D eigenvalue weighted by Gasteiger charge is -2.10. The minimum Gasteiger partial charge on any atom is -0.492 e. The van der Waals surface area contributed by atoms with E-state index in [0.29, 0.717) is 29.0 Å². The van der Waals surface area contributed by atoms with Crippen LogP contribution in [0.15, 0.2) is 18.2 Å². The first kappa shape index (κ1) is 13.8. The molecule has 1 aromatic carbocycles. The van der Waals surface area contributed by atoms with E-state index >= 15 is 0 Å². The van der Waals surface area contributed by atoms with Crippen LogP contribution in [-0.4, -0.2) is 25.1 Å². The van der Waals surface area contributed by atoms with Crippen molar-refractivity contribution >= 4 is 17.5 Å². The summed E-state index contributed by atoms with van der Waals surface area (Å²) in [5.74, 6) is 0.0913. The number of rotatable bonds is 6. The number of ether oxygens (including phenoxy) is 1. The van der Waals surface area contributed by atoms with Crippen molar-refractivity contribution in [2.45, 2.75) is 19.9 Å². The van der Waals surface area contributed by atoms with Gasteiger partial charge in [0.15, 0.2) is 0 Å². The highest BCUT2D eigenvalue weighted by Crippen LogP contribution is 2.22. The number of hydrogen-bond donors (Lipinski definition) is 2. The van der Waals surface area contributed by atoms with E-state index in [1.54, 1.807) is 18.2 Å². The first-order valence-corrected chi connectivity index (χ1v) is 5.84. The van der Waals surface area contributed by atoms with Gasteiger partial charge in [0, 0.05) is 12.6 Å². The average Bonchev–Trinajstić information content (AvgIpc) is 2.23. The molecule has 0 unspecified atom stereocenters. The molecule has 0 bridgehead atoms. The van der Waals surface area contributed by atoms with E-state index in [1.165, 1.54) is 0 Å². The fraction of sp³-hybridized carbons (Fsp3) is 0.417. The van der Waals surface area contributed by atoms with Crippen LogP contribution in [0.3, 0.4) is 0 Å². The van der Waals surface area contributed by atoms with Gasteiger partial charge in [0.25, 0.3) is 0 Å². The van der Waals surface area contributed by atoms with Crippen LogP contribution in [0.1, 0.15) is 24.2 Å². The molecule has 1 rings (SSSR count). The van der Waals surface area contributed by atoms with Gasteiger partial charge in [-0.25, -0.2) is 0 Å². The van der Waals surface area contributed by atoms with Crippen molar-refractivity contribution in [3.63, 3.8) is 0 Å². The van der Waals surface area contributed by atoms with E-state index in [2.05, 4.69) is 19.2 Å². The third-order valence-corrected chi connectivity index (χ3v) is 2.44. The first-order valence-electron chi connectivity index (χ1n) is 5.46. The number of primary amides is 1. The van der Waals surface area contributed by atoms with Crippen LogP contribution in [0.25, 0.3) is 0 Å². The van der Waals surface area contributed by atoms with Crippen LogP contribution in [0, 0.1) is 0 Å². The van der Waals surface area contributed by atoms with Crippen molar-refractivity contribution < 1.29 is 9.53 Å². The van der Waals surface area contributed by atoms with E-state index in [1.807, 2.05) is 0 Å². The molecule has 0 atom stereocenters. The third kappa shape index (κ3) is 4.63. The number of hydrogen-bond acceptors (Lipinski definition) is 3. The molecule has 94 valence electrons. The van der Waals surface area contributed by atoms with Crippen molar-refractivity contribution in [2.24, 2.45) is 5.73 Å². The van der Waals surface area contributed by atoms with Crippen LogP contribution in [0.2, 0.25) is 5.02 Å². The first-order chi connectivity index (χ1) is 8.00. The highest BCUT2D eigenvalue weighted by molar-refractivity contribution is 6.33. The lowest BCUT2D eigenvalue weighted by molar-refractivity contribution is 0.100. The van der Waals surface area contributed by atoms with Gasteiger partial charge in [-0.2, -0.15) is 0 Å². The predicted octanol–water partition coefficient (Wildman–Crippen LogP) is 1.82. The molecule has 0 saturated carbocycles. The summed E-state index contributed by atoms with van der Waals surface area (Å²) in [7, 11) is 0. The smallest absolute Gasteiger partial charge is 0.250 e. The zero-order valence-corrected chi connectivity index (χ0v) is 10.8. The molecule has 0 saturated heterocycles. The van der Waals surface area contributed by atoms with Crippen molar-refractivity contribution in [3.8, 4) is 5.75 Å². The molecule has 0 aromatic heterocycles. The summed E-state index contributed by atoms with van der Waals surface area (Å²) >= 11 is 5.89. The van der Waals surface area contributed by atoms with Gasteiger partial charge in [0.2, 0.25) is 5.91 Å². The Morgan fingerprint density at radius 1 is 1.53 bits per heavy atom. The number of halogens is 1. The van der Waals surface area contributed by atoms with Crippen LogP contribution >= 0.6 is 11.6 Å². The molecule has 0 aliphatic rings. The summed E-state index contributed by atoms with van der Waals surface area (Å²) in [5, 5.41) is 3.54. The summed E-state index contributed by atoms with van der Waals surface area (Å²) in [5.41, 5.74) is 5.45. The Balaban J connectivity index is 2.50. The van der Waals surface area contributed by atoms with Crippen molar-refractivity contribution in [3.05, 3.63) is 28.8 Å². The average molecular weight is 257 g/mol. The summed E-state index contributed by atoms with van der Waals surface area (Å²) < 4.78 is 5.47. The Labute approximate surface area is 106 Å². The van der Waals surface area contributed by atoms with Gasteiger partial charge in [-0.3, -0.25) is 4.79 Å². The minimum atomic E-state index is -0.539. The highest BCUT2D eigenvalue weighted by Gasteiger charge is 2.07. The quantitative estimate of drug-likeness (QED) is 0.763. The fourth-order valence-electron chi connectivity index (χ4n) is 1.30. The summed E-state index contributed by atoms with van der Waals surface area (Å²) in [6.45, 7) is 5.44. The molecular weight excluding hydrogens is 240 g/mol. The van der Waals surface area contributed by atoms with E-state index in [0.717, 1.165) is 6.54 Å². The standard InChI is InChI=1S/C12H17ClN2O2/c1-8(2)15-5-6-17-9-3-4-10(12(14)16)11(13)7-9/h3-4,7-8,15H,5-6H2,1-2H3,(H2,14,16). The monoisotopic (exact) mass is 256 g/mol. The molecular formula is C12H17ClN2O2. The maximum Gasteiger partial charge on any atom is 0.250 e. The molecule has 0 radical (unpaired) electrons. The molecule has 0 fully saturated rings. The molecule has 0 aliphatic carbocycles. The molecule has 4 nitrogen and oxygen atoms in total. The summed E-state index contributed by atoms with van der Waals surface area (Å²) in [6, 6.07) is 5.27. The van der Waals surface area contributed by atoms with Gasteiger partial charge in [-0.1, -0.05) is 25.4 Å². The van der Waals surface area contributed by atoms with E-state index in [4.69, 9.17) is 22.1 Å². The van der Waals surface area contributed by atoms with Crippen LogP contribution < -0.4 is 15.8 Å². The predicted molar refractivity (Wildman–Crippen MR) is 68.6 cm³/mol. The number of benzene rings is 1. The molecule has 1 amide bonds. The topological polar surface area (TPSA) is 64.3 Å². The number of carbonyl (C=O) groups excluding carboxylic acids is 1. The number of nitrogens with one attached hydrogen (secondary N) is 1. The van der Waals surface area contributed by atoms with Gasteiger partial charge in [0.1, 0.15) is 12.4 Å². The molecule has 0 spiro atoms. The van der Waals surface area contributed by atoms with Crippen LogP contribution in [-0.2, 0) is 0 Å². The maximum absolute atomic E-state index is 11.0. The Hall–Kier alpha value is -1.26. The molecule has 0 heterocycles. The molecule has 17 heavy (non-hydrogen) atoms. The second-order valence-corrected chi connectivity index (χ2v) is 4.37. The normalized spacial score (nSPS) is 10.6. The van der Waals surface area contributed by atoms with Crippen molar-refractivity contribution in [1.82, 2.24) is 5.32 Å². The SMILES string of the molecule is CC(C)NCCOc1ccc(C(N)=O)c(Cl)c1. The van der Waals surface area contributed by atoms with Gasteiger partial charge in [-0.05, 0) is 18.2 Å². The van der Waals surface area contributed by atoms with E-state index in [-0.39, 0.29) is 0 Å². The molecule has 3 N–H and O–H groups in total. The largest absolute Gasteiger partial charge is 0.492 e.